The molecular weight excluding hydrogens is 286 g/mol. The van der Waals surface area contributed by atoms with Gasteiger partial charge in [-0.3, -0.25) is 4.90 Å². The van der Waals surface area contributed by atoms with Crippen molar-refractivity contribution in [2.45, 2.75) is 25.4 Å². The summed E-state index contributed by atoms with van der Waals surface area (Å²) in [6, 6.07) is 20.4. The van der Waals surface area contributed by atoms with Crippen molar-refractivity contribution in [1.82, 2.24) is 4.90 Å². The van der Waals surface area contributed by atoms with Gasteiger partial charge in [-0.2, -0.15) is 0 Å². The lowest BCUT2D eigenvalue weighted by Crippen LogP contribution is -2.37. The first-order valence-corrected chi connectivity index (χ1v) is 8.08. The van der Waals surface area contributed by atoms with E-state index in [1.54, 1.807) is 0 Å². The highest BCUT2D eigenvalue weighted by molar-refractivity contribution is 5.15. The minimum Gasteiger partial charge on any atom is -0.389 e. The molecule has 3 nitrogen and oxygen atoms in total. The van der Waals surface area contributed by atoms with E-state index in [1.165, 1.54) is 5.56 Å². The molecule has 1 heterocycles. The first kappa shape index (κ1) is 15.9. The van der Waals surface area contributed by atoms with Crippen LogP contribution in [0, 0.1) is 0 Å². The molecular formula is C20H23NO2. The van der Waals surface area contributed by atoms with E-state index in [1.807, 2.05) is 54.6 Å². The van der Waals surface area contributed by atoms with Crippen molar-refractivity contribution in [3.63, 3.8) is 0 Å². The maximum atomic E-state index is 10.5. The zero-order valence-electron chi connectivity index (χ0n) is 13.2. The summed E-state index contributed by atoms with van der Waals surface area (Å²) in [5, 5.41) is 10.5. The number of rotatable bonds is 5. The molecule has 2 aromatic carbocycles. The van der Waals surface area contributed by atoms with Crippen LogP contribution in [0.15, 0.2) is 72.8 Å². The van der Waals surface area contributed by atoms with Gasteiger partial charge in [-0.1, -0.05) is 72.8 Å². The van der Waals surface area contributed by atoms with Crippen LogP contribution in [0.2, 0.25) is 0 Å². The van der Waals surface area contributed by atoms with E-state index in [0.717, 1.165) is 18.7 Å². The Morgan fingerprint density at radius 1 is 0.957 bits per heavy atom. The van der Waals surface area contributed by atoms with Crippen LogP contribution in [0.5, 0.6) is 0 Å². The van der Waals surface area contributed by atoms with Crippen molar-refractivity contribution in [1.29, 1.82) is 0 Å². The van der Waals surface area contributed by atoms with Gasteiger partial charge in [0.05, 0.1) is 12.7 Å². The smallest absolute Gasteiger partial charge is 0.103 e. The lowest BCUT2D eigenvalue weighted by atomic mass is 10.1. The van der Waals surface area contributed by atoms with Crippen LogP contribution in [0.3, 0.4) is 0 Å². The van der Waals surface area contributed by atoms with Crippen molar-refractivity contribution in [3.05, 3.63) is 83.9 Å². The highest BCUT2D eigenvalue weighted by atomic mass is 16.5. The number of hydrogen-bond acceptors (Lipinski definition) is 3. The molecule has 1 N–H and O–H groups in total. The quantitative estimate of drug-likeness (QED) is 0.862. The van der Waals surface area contributed by atoms with Crippen molar-refractivity contribution < 1.29 is 9.84 Å². The molecule has 0 unspecified atom stereocenters. The van der Waals surface area contributed by atoms with Gasteiger partial charge in [-0.05, 0) is 11.1 Å². The predicted octanol–water partition coefficient (Wildman–Crippen LogP) is 3.00. The normalized spacial score (nSPS) is 22.0. The molecule has 3 heteroatoms. The summed E-state index contributed by atoms with van der Waals surface area (Å²) in [4.78, 5) is 2.24. The fraction of sp³-hybridized carbons (Fsp3) is 0.300. The molecule has 2 atom stereocenters. The largest absolute Gasteiger partial charge is 0.389 e. The molecule has 0 fully saturated rings. The molecule has 3 rings (SSSR count). The average molecular weight is 309 g/mol. The molecule has 0 aliphatic carbocycles. The minimum absolute atomic E-state index is 0.254. The van der Waals surface area contributed by atoms with Crippen molar-refractivity contribution in [2.24, 2.45) is 0 Å². The highest BCUT2D eigenvalue weighted by Gasteiger charge is 2.22. The van der Waals surface area contributed by atoms with Crippen LogP contribution in [0.1, 0.15) is 11.1 Å². The van der Waals surface area contributed by atoms with Crippen LogP contribution in [-0.2, 0) is 17.9 Å². The minimum atomic E-state index is -0.513. The van der Waals surface area contributed by atoms with Gasteiger partial charge in [0, 0.05) is 19.6 Å². The Morgan fingerprint density at radius 2 is 1.61 bits per heavy atom. The molecule has 0 aromatic heterocycles. The average Bonchev–Trinajstić information content (AvgIpc) is 2.76. The van der Waals surface area contributed by atoms with Crippen molar-refractivity contribution in [3.8, 4) is 0 Å². The molecule has 120 valence electrons. The van der Waals surface area contributed by atoms with Crippen molar-refractivity contribution >= 4 is 0 Å². The van der Waals surface area contributed by atoms with Gasteiger partial charge < -0.3 is 9.84 Å². The summed E-state index contributed by atoms with van der Waals surface area (Å²) in [6.45, 7) is 2.80. The Labute approximate surface area is 137 Å². The topological polar surface area (TPSA) is 32.7 Å². The molecule has 1 aliphatic heterocycles. The molecule has 23 heavy (non-hydrogen) atoms. The lowest BCUT2D eigenvalue weighted by Gasteiger charge is -2.25. The lowest BCUT2D eigenvalue weighted by molar-refractivity contribution is -0.0283. The van der Waals surface area contributed by atoms with E-state index in [9.17, 15) is 5.11 Å². The van der Waals surface area contributed by atoms with Crippen LogP contribution >= 0.6 is 0 Å². The molecule has 0 saturated carbocycles. The Hall–Kier alpha value is -1.94. The summed E-state index contributed by atoms with van der Waals surface area (Å²) in [5.41, 5.74) is 2.38. The summed E-state index contributed by atoms with van der Waals surface area (Å²) < 4.78 is 5.90. The summed E-state index contributed by atoms with van der Waals surface area (Å²) in [5.74, 6) is 0. The fourth-order valence-corrected chi connectivity index (χ4v) is 2.82. The number of β-amino-alcohol motifs (C(OH)–C–C–N with tert-alkyl or cyclic N) is 1. The molecule has 0 amide bonds. The third-order valence-corrected chi connectivity index (χ3v) is 4.05. The first-order valence-electron chi connectivity index (χ1n) is 8.08. The van der Waals surface area contributed by atoms with E-state index in [0.29, 0.717) is 13.2 Å². The van der Waals surface area contributed by atoms with Crippen LogP contribution < -0.4 is 0 Å². The number of hydrogen-bond donors (Lipinski definition) is 1. The first-order chi connectivity index (χ1) is 11.3. The zero-order valence-corrected chi connectivity index (χ0v) is 13.2. The van der Waals surface area contributed by atoms with E-state index < -0.39 is 6.10 Å². The van der Waals surface area contributed by atoms with Crippen LogP contribution in [0.4, 0.5) is 0 Å². The second kappa shape index (κ2) is 8.06. The Balaban J connectivity index is 1.55. The molecule has 0 spiro atoms. The third-order valence-electron chi connectivity index (χ3n) is 4.05. The second-order valence-electron chi connectivity index (χ2n) is 5.94. The molecule has 0 bridgehead atoms. The molecule has 2 aromatic rings. The zero-order chi connectivity index (χ0) is 15.9. The van der Waals surface area contributed by atoms with E-state index in [4.69, 9.17) is 4.74 Å². The van der Waals surface area contributed by atoms with Gasteiger partial charge in [-0.25, -0.2) is 0 Å². The third kappa shape index (κ3) is 4.76. The van der Waals surface area contributed by atoms with Crippen molar-refractivity contribution in [2.75, 3.05) is 13.1 Å². The highest BCUT2D eigenvalue weighted by Crippen LogP contribution is 2.14. The molecule has 0 radical (unpaired) electrons. The van der Waals surface area contributed by atoms with Gasteiger partial charge in [0.2, 0.25) is 0 Å². The van der Waals surface area contributed by atoms with Gasteiger partial charge in [0.1, 0.15) is 6.10 Å². The maximum absolute atomic E-state index is 10.5. The van der Waals surface area contributed by atoms with Gasteiger partial charge in [-0.15, -0.1) is 0 Å². The molecule has 0 saturated heterocycles. The molecule has 1 aliphatic rings. The van der Waals surface area contributed by atoms with Crippen LogP contribution in [0.25, 0.3) is 0 Å². The number of benzene rings is 2. The number of nitrogens with zero attached hydrogens (tertiary/aromatic N) is 1. The Bertz CT molecular complexity index is 612. The number of aliphatic hydroxyl groups is 1. The number of aliphatic hydroxyl groups excluding tert-OH is 1. The van der Waals surface area contributed by atoms with E-state index in [-0.39, 0.29) is 6.10 Å². The number of ether oxygens (including phenoxy) is 1. The maximum Gasteiger partial charge on any atom is 0.103 e. The second-order valence-corrected chi connectivity index (χ2v) is 5.94. The standard InChI is InChI=1S/C20H23NO2/c22-19-15-21(14-17-8-3-1-4-9-17)13-7-12-20(19)23-16-18-10-5-2-6-11-18/h1-12,19-20,22H,13-16H2/t19-,20-/m0/s1. The summed E-state index contributed by atoms with van der Waals surface area (Å²) >= 11 is 0. The van der Waals surface area contributed by atoms with E-state index >= 15 is 0 Å². The predicted molar refractivity (Wildman–Crippen MR) is 91.9 cm³/mol. The van der Waals surface area contributed by atoms with Gasteiger partial charge in [0.25, 0.3) is 0 Å². The summed E-state index contributed by atoms with van der Waals surface area (Å²) in [6.07, 6.45) is 3.31. The summed E-state index contributed by atoms with van der Waals surface area (Å²) in [7, 11) is 0. The SMILES string of the molecule is O[C@H]1CN(Cc2ccccc2)CC=C[C@@H]1OCc1ccccc1. The fourth-order valence-electron chi connectivity index (χ4n) is 2.82. The Morgan fingerprint density at radius 3 is 2.30 bits per heavy atom. The van der Waals surface area contributed by atoms with Gasteiger partial charge >= 0.3 is 0 Å². The van der Waals surface area contributed by atoms with E-state index in [2.05, 4.69) is 23.1 Å². The monoisotopic (exact) mass is 309 g/mol. The van der Waals surface area contributed by atoms with Crippen LogP contribution in [-0.4, -0.2) is 35.3 Å². The Kier molecular flexibility index (Phi) is 5.59. The van der Waals surface area contributed by atoms with Gasteiger partial charge in [0.15, 0.2) is 0 Å².